The van der Waals surface area contributed by atoms with Crippen molar-refractivity contribution >= 4 is 26.0 Å². The number of carboxylic acids is 1. The Kier molecular flexibility index (Phi) is 15.1. The molecule has 0 amide bonds. The van der Waals surface area contributed by atoms with E-state index in [9.17, 15) is 106 Å². The van der Waals surface area contributed by atoms with Crippen LogP contribution in [-0.2, 0) is 24.8 Å². The Morgan fingerprint density at radius 3 is 1.13 bits per heavy atom. The van der Waals surface area contributed by atoms with Crippen LogP contribution in [0.25, 0.3) is 0 Å². The first-order valence-corrected chi connectivity index (χ1v) is 14.0. The molecule has 1 unspecified atom stereocenters. The van der Waals surface area contributed by atoms with E-state index >= 15 is 0 Å². The Labute approximate surface area is 288 Å². The minimum atomic E-state index is -7.44. The van der Waals surface area contributed by atoms with E-state index in [2.05, 4.69) is 0 Å². The second-order valence-electron chi connectivity index (χ2n) is 8.97. The van der Waals surface area contributed by atoms with Crippen LogP contribution in [0.5, 0.6) is 0 Å². The minimum absolute atomic E-state index is 0. The number of hydrogen-bond donors (Lipinski definition) is 0. The maximum Gasteiger partial charge on any atom is 1.00 e. The van der Waals surface area contributed by atoms with Crippen LogP contribution in [0.1, 0.15) is 12.8 Å². The Balaban J connectivity index is 0. The van der Waals surface area contributed by atoms with Crippen LogP contribution >= 0.6 is 0 Å². The average Bonchev–Trinajstić information content (AvgIpc) is 2.82. The first-order valence-electron chi connectivity index (χ1n) is 10.8. The molecule has 0 heterocycles. The van der Waals surface area contributed by atoms with Gasteiger partial charge >= 0.3 is 99.3 Å². The number of halogens is 18. The molecule has 0 spiro atoms. The molecule has 0 N–H and O–H groups in total. The fourth-order valence-corrected chi connectivity index (χ4v) is 5.37. The molecule has 0 saturated heterocycles. The minimum Gasteiger partial charge on any atom is -0.548 e. The zero-order valence-electron chi connectivity index (χ0n) is 22.6. The summed E-state index contributed by atoms with van der Waals surface area (Å²) in [4.78, 5) is 11.4. The van der Waals surface area contributed by atoms with Crippen molar-refractivity contribution in [2.45, 2.75) is 66.8 Å². The molecule has 0 bridgehead atoms. The van der Waals surface area contributed by atoms with Gasteiger partial charge in [-0.25, -0.2) is 21.1 Å². The second kappa shape index (κ2) is 14.5. The summed E-state index contributed by atoms with van der Waals surface area (Å²) in [5.74, 6) is -50.1. The van der Waals surface area contributed by atoms with Crippen LogP contribution in [0.4, 0.5) is 79.0 Å². The summed E-state index contributed by atoms with van der Waals surface area (Å²) in [5, 5.41) is 11.4. The number of alkyl halides is 18. The number of carbonyl (C=O) groups excluding carboxylic acids is 1. The summed E-state index contributed by atoms with van der Waals surface area (Å²) < 4.78 is 281. The molecular formula is C17H17F18KN2O6S2. The molecule has 8 nitrogen and oxygen atoms in total. The van der Waals surface area contributed by atoms with Crippen molar-refractivity contribution in [2.24, 2.45) is 0 Å². The van der Waals surface area contributed by atoms with Crippen molar-refractivity contribution in [3.8, 4) is 0 Å². The van der Waals surface area contributed by atoms with Gasteiger partial charge in [0.15, 0.2) is 0 Å². The molecule has 0 aromatic carbocycles. The molecule has 46 heavy (non-hydrogen) atoms. The number of carbonyl (C=O) groups is 1. The second-order valence-corrected chi connectivity index (χ2v) is 13.3. The zero-order valence-corrected chi connectivity index (χ0v) is 27.3. The molecule has 0 saturated carbocycles. The van der Waals surface area contributed by atoms with Crippen molar-refractivity contribution in [3.63, 3.8) is 0 Å². The molecule has 0 aliphatic carbocycles. The fourth-order valence-electron chi connectivity index (χ4n) is 2.83. The van der Waals surface area contributed by atoms with Gasteiger partial charge < -0.3 is 9.90 Å². The van der Waals surface area contributed by atoms with Gasteiger partial charge in [0.25, 0.3) is 0 Å². The maximum atomic E-state index is 13.7. The smallest absolute Gasteiger partial charge is 0.548 e. The van der Waals surface area contributed by atoms with Crippen LogP contribution in [0, 0.1) is 0 Å². The molecule has 29 heteroatoms. The molecule has 0 aliphatic rings. The molecule has 0 radical (unpaired) electrons. The van der Waals surface area contributed by atoms with E-state index < -0.39 is 119 Å². The van der Waals surface area contributed by atoms with E-state index in [0.717, 1.165) is 0 Å². The molecule has 0 fully saturated rings. The van der Waals surface area contributed by atoms with Crippen LogP contribution in [0.2, 0.25) is 0 Å². The normalized spacial score (nSPS) is 16.0. The third-order valence-corrected chi connectivity index (χ3v) is 9.49. The number of rotatable bonds is 16. The van der Waals surface area contributed by atoms with Gasteiger partial charge in [-0.05, 0) is 0 Å². The van der Waals surface area contributed by atoms with Crippen molar-refractivity contribution in [3.05, 3.63) is 0 Å². The Bertz CT molecular complexity index is 1290. The molecular weight excluding hydrogens is 773 g/mol. The fraction of sp³-hybridized carbons (Fsp3) is 0.941. The Morgan fingerprint density at radius 1 is 0.587 bits per heavy atom. The van der Waals surface area contributed by atoms with Crippen molar-refractivity contribution < 1.29 is 157 Å². The Hall–Kier alpha value is -0.334. The van der Waals surface area contributed by atoms with Crippen molar-refractivity contribution in [1.29, 1.82) is 0 Å². The SMILES string of the molecule is CN(CC(C(=O)[O-])N(C)S(=O)(=O)CCC(F)(F)C(F)(F)C(F)(F)C(F)(F)F)S(=O)(=O)CCC(F)(F)C(F)(F)C(F)(F)C(F)(F)F.[K+]. The van der Waals surface area contributed by atoms with Gasteiger partial charge in [0.1, 0.15) is 0 Å². The van der Waals surface area contributed by atoms with Gasteiger partial charge in [-0.3, -0.25) is 0 Å². The van der Waals surface area contributed by atoms with E-state index in [4.69, 9.17) is 0 Å². The molecule has 0 rings (SSSR count). The Morgan fingerprint density at radius 2 is 0.870 bits per heavy atom. The van der Waals surface area contributed by atoms with E-state index in [1.807, 2.05) is 0 Å². The van der Waals surface area contributed by atoms with Crippen LogP contribution in [0.3, 0.4) is 0 Å². The standard InChI is InChI=1S/C17H18F18N2O6S2.K/c1-36(44(40,41)5-3-10(18,19)12(22,23)14(26,27)16(30,31)32)7-8(9(38)39)37(2)45(42,43)6-4-11(20,21)13(24,25)15(28,29)17(33,34)35;/h8H,3-7H2,1-2H3,(H,38,39);/q;+1/p-1. The predicted octanol–water partition coefficient (Wildman–Crippen LogP) is 0.349. The first-order chi connectivity index (χ1) is 19.3. The van der Waals surface area contributed by atoms with Crippen molar-refractivity contribution in [2.75, 3.05) is 32.1 Å². The van der Waals surface area contributed by atoms with Gasteiger partial charge in [-0.1, -0.05) is 0 Å². The van der Waals surface area contributed by atoms with Gasteiger partial charge in [0, 0.05) is 33.5 Å². The molecule has 0 aromatic rings. The summed E-state index contributed by atoms with van der Waals surface area (Å²) >= 11 is 0. The average molecular weight is 791 g/mol. The molecule has 270 valence electrons. The van der Waals surface area contributed by atoms with Gasteiger partial charge in [-0.2, -0.15) is 83.3 Å². The van der Waals surface area contributed by atoms with Crippen LogP contribution in [-0.4, -0.2) is 117 Å². The van der Waals surface area contributed by atoms with E-state index in [1.54, 1.807) is 0 Å². The third kappa shape index (κ3) is 9.46. The molecule has 0 aliphatic heterocycles. The van der Waals surface area contributed by atoms with E-state index in [-0.39, 0.29) is 65.5 Å². The van der Waals surface area contributed by atoms with Crippen LogP contribution < -0.4 is 56.5 Å². The summed E-state index contributed by atoms with van der Waals surface area (Å²) in [7, 11) is -11.3. The topological polar surface area (TPSA) is 115 Å². The van der Waals surface area contributed by atoms with Gasteiger partial charge in [0.05, 0.1) is 23.5 Å². The van der Waals surface area contributed by atoms with Crippen molar-refractivity contribution in [1.82, 2.24) is 8.61 Å². The monoisotopic (exact) mass is 790 g/mol. The maximum absolute atomic E-state index is 13.7. The summed E-state index contributed by atoms with van der Waals surface area (Å²) in [6, 6.07) is -3.03. The zero-order chi connectivity index (χ0) is 36.8. The molecule has 0 aromatic heterocycles. The number of nitrogens with zero attached hydrogens (tertiary/aromatic N) is 2. The summed E-state index contributed by atoms with van der Waals surface area (Å²) in [5.41, 5.74) is 0. The molecule has 1 atom stereocenters. The summed E-state index contributed by atoms with van der Waals surface area (Å²) in [6.07, 6.45) is -20.6. The third-order valence-electron chi connectivity index (χ3n) is 5.82. The van der Waals surface area contributed by atoms with E-state index in [0.29, 0.717) is 0 Å². The summed E-state index contributed by atoms with van der Waals surface area (Å²) in [6.45, 7) is -1.90. The number of likely N-dealkylation sites (N-methyl/N-ethyl adjacent to an activating group) is 2. The first kappa shape index (κ1) is 47.8. The number of aliphatic carboxylic acids is 1. The predicted molar refractivity (Wildman–Crippen MR) is 108 cm³/mol. The van der Waals surface area contributed by atoms with Crippen LogP contribution in [0.15, 0.2) is 0 Å². The number of hydrogen-bond acceptors (Lipinski definition) is 6. The number of sulfonamides is 2. The quantitative estimate of drug-likeness (QED) is 0.165. The number of carboxylic acid groups (broad SMARTS) is 1. The van der Waals surface area contributed by atoms with Gasteiger partial charge in [-0.15, -0.1) is 0 Å². The largest absolute Gasteiger partial charge is 1.00 e. The van der Waals surface area contributed by atoms with Gasteiger partial charge in [0.2, 0.25) is 20.0 Å². The van der Waals surface area contributed by atoms with E-state index in [1.165, 1.54) is 0 Å².